The minimum atomic E-state index is -0.740. The lowest BCUT2D eigenvalue weighted by atomic mass is 10.1. The fourth-order valence-electron chi connectivity index (χ4n) is 2.49. The molecule has 1 N–H and O–H groups in total. The van der Waals surface area contributed by atoms with Gasteiger partial charge in [-0.2, -0.15) is 0 Å². The second-order valence-electron chi connectivity index (χ2n) is 4.29. The molecule has 2 aliphatic rings. The highest BCUT2D eigenvalue weighted by Gasteiger charge is 2.57. The second kappa shape index (κ2) is 4.15. The number of carbonyl (C=O) groups is 2. The molecule has 1 aliphatic carbocycles. The van der Waals surface area contributed by atoms with Crippen LogP contribution in [-0.4, -0.2) is 41.8 Å². The first-order chi connectivity index (χ1) is 7.65. The molecule has 1 amide bonds. The Morgan fingerprint density at radius 2 is 2.25 bits per heavy atom. The maximum absolute atomic E-state index is 11.5. The summed E-state index contributed by atoms with van der Waals surface area (Å²) in [6.45, 7) is 4.77. The number of carboxylic acid groups (broad SMARTS) is 1. The second-order valence-corrected chi connectivity index (χ2v) is 4.29. The zero-order valence-corrected chi connectivity index (χ0v) is 8.96. The molecule has 1 heterocycles. The summed E-state index contributed by atoms with van der Waals surface area (Å²) in [5.74, 6) is -0.600. The Labute approximate surface area is 93.7 Å². The molecule has 2 fully saturated rings. The monoisotopic (exact) mass is 225 g/mol. The average Bonchev–Trinajstić information content (AvgIpc) is 2.98. The summed E-state index contributed by atoms with van der Waals surface area (Å²) in [6.07, 6.45) is 1.92. The number of piperidine rings is 1. The number of hydrogen-bond acceptors (Lipinski definition) is 3. The molecule has 0 spiro atoms. The third-order valence-electron chi connectivity index (χ3n) is 3.36. The standard InChI is InChI=1S/C11H15NO4/c1-2-5-16-11(15)12-4-3-7-8(6-12)9(7)10(13)14/h2,7-9H,1,3-6H2,(H,13,14)/t7-,8+,9-/m1/s1. The van der Waals surface area contributed by atoms with Crippen molar-refractivity contribution < 1.29 is 19.4 Å². The Morgan fingerprint density at radius 1 is 1.50 bits per heavy atom. The summed E-state index contributed by atoms with van der Waals surface area (Å²) < 4.78 is 4.91. The molecule has 3 atom stereocenters. The number of ether oxygens (including phenoxy) is 1. The maximum atomic E-state index is 11.5. The van der Waals surface area contributed by atoms with Crippen molar-refractivity contribution in [2.45, 2.75) is 6.42 Å². The molecule has 1 saturated carbocycles. The minimum absolute atomic E-state index is 0.127. The van der Waals surface area contributed by atoms with Crippen LogP contribution in [0, 0.1) is 17.8 Å². The Kier molecular flexibility index (Phi) is 2.85. The highest BCUT2D eigenvalue weighted by Crippen LogP contribution is 2.51. The van der Waals surface area contributed by atoms with Crippen LogP contribution in [0.1, 0.15) is 6.42 Å². The van der Waals surface area contributed by atoms with Crippen molar-refractivity contribution in [2.24, 2.45) is 17.8 Å². The van der Waals surface area contributed by atoms with E-state index in [9.17, 15) is 9.59 Å². The normalized spacial score (nSPS) is 31.5. The third-order valence-corrected chi connectivity index (χ3v) is 3.36. The maximum Gasteiger partial charge on any atom is 0.410 e. The van der Waals surface area contributed by atoms with Crippen molar-refractivity contribution in [3.8, 4) is 0 Å². The molecule has 5 heteroatoms. The molecule has 0 unspecified atom stereocenters. The summed E-state index contributed by atoms with van der Waals surface area (Å²) in [6, 6.07) is 0. The van der Waals surface area contributed by atoms with E-state index in [1.54, 1.807) is 4.90 Å². The van der Waals surface area contributed by atoms with E-state index in [0.29, 0.717) is 13.1 Å². The highest BCUT2D eigenvalue weighted by molar-refractivity contribution is 5.75. The molecular weight excluding hydrogens is 210 g/mol. The number of carboxylic acids is 1. The number of nitrogens with zero attached hydrogens (tertiary/aromatic N) is 1. The zero-order chi connectivity index (χ0) is 11.7. The van der Waals surface area contributed by atoms with Crippen LogP contribution >= 0.6 is 0 Å². The van der Waals surface area contributed by atoms with Crippen molar-refractivity contribution in [1.29, 1.82) is 0 Å². The quantitative estimate of drug-likeness (QED) is 0.726. The molecule has 0 aromatic rings. The Balaban J connectivity index is 1.85. The number of amides is 1. The first-order valence-electron chi connectivity index (χ1n) is 5.40. The van der Waals surface area contributed by atoms with Crippen LogP contribution in [0.25, 0.3) is 0 Å². The summed E-state index contributed by atoms with van der Waals surface area (Å²) in [7, 11) is 0. The number of carbonyl (C=O) groups excluding carboxylic acids is 1. The molecule has 16 heavy (non-hydrogen) atoms. The van der Waals surface area contributed by atoms with Gasteiger partial charge in [-0.3, -0.25) is 4.79 Å². The number of hydrogen-bond donors (Lipinski definition) is 1. The van der Waals surface area contributed by atoms with E-state index < -0.39 is 5.97 Å². The van der Waals surface area contributed by atoms with Crippen molar-refractivity contribution in [3.63, 3.8) is 0 Å². The van der Waals surface area contributed by atoms with Crippen molar-refractivity contribution in [2.75, 3.05) is 19.7 Å². The molecule has 0 aromatic carbocycles. The van der Waals surface area contributed by atoms with Gasteiger partial charge in [-0.25, -0.2) is 4.79 Å². The summed E-state index contributed by atoms with van der Waals surface area (Å²) in [5.41, 5.74) is 0. The van der Waals surface area contributed by atoms with E-state index in [-0.39, 0.29) is 30.5 Å². The molecule has 2 rings (SSSR count). The first-order valence-corrected chi connectivity index (χ1v) is 5.40. The fraction of sp³-hybridized carbons (Fsp3) is 0.636. The minimum Gasteiger partial charge on any atom is -0.481 e. The third kappa shape index (κ3) is 1.89. The molecule has 0 radical (unpaired) electrons. The van der Waals surface area contributed by atoms with E-state index in [1.807, 2.05) is 0 Å². The van der Waals surface area contributed by atoms with Gasteiger partial charge in [-0.05, 0) is 18.3 Å². The molecule has 1 aliphatic heterocycles. The van der Waals surface area contributed by atoms with E-state index in [2.05, 4.69) is 6.58 Å². The van der Waals surface area contributed by atoms with Gasteiger partial charge in [0.1, 0.15) is 6.61 Å². The Hall–Kier alpha value is -1.52. The van der Waals surface area contributed by atoms with E-state index in [0.717, 1.165) is 6.42 Å². The number of likely N-dealkylation sites (tertiary alicyclic amines) is 1. The van der Waals surface area contributed by atoms with E-state index >= 15 is 0 Å². The number of fused-ring (bicyclic) bond motifs is 1. The van der Waals surface area contributed by atoms with Gasteiger partial charge in [0, 0.05) is 13.1 Å². The van der Waals surface area contributed by atoms with Crippen molar-refractivity contribution >= 4 is 12.1 Å². The highest BCUT2D eigenvalue weighted by atomic mass is 16.6. The molecule has 1 saturated heterocycles. The van der Waals surface area contributed by atoms with Gasteiger partial charge in [0.05, 0.1) is 5.92 Å². The zero-order valence-electron chi connectivity index (χ0n) is 8.96. The lowest BCUT2D eigenvalue weighted by molar-refractivity contribution is -0.139. The van der Waals surface area contributed by atoms with Gasteiger partial charge < -0.3 is 14.7 Å². The van der Waals surface area contributed by atoms with Crippen LogP contribution < -0.4 is 0 Å². The van der Waals surface area contributed by atoms with Crippen LogP contribution in [0.4, 0.5) is 4.79 Å². The number of aliphatic carboxylic acids is 1. The predicted molar refractivity (Wildman–Crippen MR) is 55.8 cm³/mol. The largest absolute Gasteiger partial charge is 0.481 e. The predicted octanol–water partition coefficient (Wildman–Crippen LogP) is 0.962. The van der Waals surface area contributed by atoms with Crippen molar-refractivity contribution in [3.05, 3.63) is 12.7 Å². The fourth-order valence-corrected chi connectivity index (χ4v) is 2.49. The lowest BCUT2D eigenvalue weighted by Crippen LogP contribution is -2.37. The summed E-state index contributed by atoms with van der Waals surface area (Å²) >= 11 is 0. The Morgan fingerprint density at radius 3 is 2.88 bits per heavy atom. The topological polar surface area (TPSA) is 66.8 Å². The van der Waals surface area contributed by atoms with Crippen LogP contribution in [0.5, 0.6) is 0 Å². The van der Waals surface area contributed by atoms with Crippen LogP contribution in [-0.2, 0) is 9.53 Å². The van der Waals surface area contributed by atoms with Crippen LogP contribution in [0.15, 0.2) is 12.7 Å². The molecule has 0 aromatic heterocycles. The molecule has 5 nitrogen and oxygen atoms in total. The Bertz CT molecular complexity index is 328. The smallest absolute Gasteiger partial charge is 0.410 e. The van der Waals surface area contributed by atoms with Gasteiger partial charge in [-0.15, -0.1) is 0 Å². The first kappa shape index (κ1) is 11.0. The van der Waals surface area contributed by atoms with Gasteiger partial charge in [0.2, 0.25) is 0 Å². The molecular formula is C11H15NO4. The lowest BCUT2D eigenvalue weighted by Gasteiger charge is -2.24. The average molecular weight is 225 g/mol. The van der Waals surface area contributed by atoms with Gasteiger partial charge in [0.15, 0.2) is 0 Å². The van der Waals surface area contributed by atoms with Crippen molar-refractivity contribution in [1.82, 2.24) is 4.90 Å². The van der Waals surface area contributed by atoms with Gasteiger partial charge in [0.25, 0.3) is 0 Å². The van der Waals surface area contributed by atoms with E-state index in [4.69, 9.17) is 9.84 Å². The van der Waals surface area contributed by atoms with Crippen LogP contribution in [0.2, 0.25) is 0 Å². The van der Waals surface area contributed by atoms with Crippen LogP contribution in [0.3, 0.4) is 0 Å². The van der Waals surface area contributed by atoms with E-state index in [1.165, 1.54) is 6.08 Å². The summed E-state index contributed by atoms with van der Waals surface area (Å²) in [5, 5.41) is 8.90. The molecule has 88 valence electrons. The molecule has 0 bridgehead atoms. The number of rotatable bonds is 3. The SMILES string of the molecule is C=CCOC(=O)N1CC[C@@H]2[C@H](C1)[C@@H]2C(=O)O. The summed E-state index contributed by atoms with van der Waals surface area (Å²) in [4.78, 5) is 23.9. The van der Waals surface area contributed by atoms with Gasteiger partial charge >= 0.3 is 12.1 Å². The van der Waals surface area contributed by atoms with Gasteiger partial charge in [-0.1, -0.05) is 12.7 Å².